The third kappa shape index (κ3) is 2.53. The van der Waals surface area contributed by atoms with E-state index in [1.54, 1.807) is 0 Å². The van der Waals surface area contributed by atoms with Gasteiger partial charge >= 0.3 is 5.97 Å². The predicted octanol–water partition coefficient (Wildman–Crippen LogP) is 0.884. The average Bonchev–Trinajstić information content (AvgIpc) is 2.96. The largest absolute Gasteiger partial charge is 0.468 e. The number of benzene rings is 1. The van der Waals surface area contributed by atoms with Crippen LogP contribution in [0.1, 0.15) is 18.4 Å². The SMILES string of the molecule is COC(=O)C1CCCN1S(=O)(=O)c1ccc(C#N)cc1. The van der Waals surface area contributed by atoms with Crippen LogP contribution in [-0.4, -0.2) is 38.4 Å². The van der Waals surface area contributed by atoms with Crippen LogP contribution in [0.3, 0.4) is 0 Å². The Balaban J connectivity index is 2.34. The molecule has 1 unspecified atom stereocenters. The molecule has 1 aromatic rings. The Morgan fingerprint density at radius 3 is 2.60 bits per heavy atom. The van der Waals surface area contributed by atoms with Crippen LogP contribution in [0.5, 0.6) is 0 Å². The molecule has 0 saturated carbocycles. The zero-order chi connectivity index (χ0) is 14.8. The molecule has 7 heteroatoms. The second kappa shape index (κ2) is 5.61. The quantitative estimate of drug-likeness (QED) is 0.772. The molecule has 0 amide bonds. The molecule has 0 radical (unpaired) electrons. The molecule has 0 spiro atoms. The van der Waals surface area contributed by atoms with E-state index in [2.05, 4.69) is 4.74 Å². The minimum atomic E-state index is -3.74. The molecule has 6 nitrogen and oxygen atoms in total. The second-order valence-corrected chi connectivity index (χ2v) is 6.32. The lowest BCUT2D eigenvalue weighted by Crippen LogP contribution is -2.41. The van der Waals surface area contributed by atoms with E-state index in [0.29, 0.717) is 24.9 Å². The first-order valence-electron chi connectivity index (χ1n) is 6.10. The van der Waals surface area contributed by atoms with Crippen LogP contribution in [0, 0.1) is 11.3 Å². The van der Waals surface area contributed by atoms with Crippen molar-refractivity contribution in [3.05, 3.63) is 29.8 Å². The molecule has 1 fully saturated rings. The molecular weight excluding hydrogens is 280 g/mol. The minimum Gasteiger partial charge on any atom is -0.468 e. The summed E-state index contributed by atoms with van der Waals surface area (Å²) in [6.45, 7) is 0.294. The van der Waals surface area contributed by atoms with Crippen molar-refractivity contribution in [1.29, 1.82) is 5.26 Å². The van der Waals surface area contributed by atoms with E-state index in [-0.39, 0.29) is 4.90 Å². The molecule has 1 aliphatic rings. The topological polar surface area (TPSA) is 87.5 Å². The van der Waals surface area contributed by atoms with Crippen molar-refractivity contribution < 1.29 is 17.9 Å². The number of hydrogen-bond donors (Lipinski definition) is 0. The molecule has 1 atom stereocenters. The van der Waals surface area contributed by atoms with Crippen LogP contribution in [0.2, 0.25) is 0 Å². The van der Waals surface area contributed by atoms with Crippen LogP contribution < -0.4 is 0 Å². The smallest absolute Gasteiger partial charge is 0.324 e. The van der Waals surface area contributed by atoms with Crippen LogP contribution in [-0.2, 0) is 19.6 Å². The standard InChI is InChI=1S/C13H14N2O4S/c1-19-13(16)12-3-2-8-15(12)20(17,18)11-6-4-10(9-14)5-7-11/h4-7,12H,2-3,8H2,1H3. The van der Waals surface area contributed by atoms with Crippen molar-refractivity contribution in [1.82, 2.24) is 4.31 Å². The van der Waals surface area contributed by atoms with Gasteiger partial charge in [0.15, 0.2) is 0 Å². The third-order valence-electron chi connectivity index (χ3n) is 3.27. The summed E-state index contributed by atoms with van der Waals surface area (Å²) in [4.78, 5) is 11.7. The summed E-state index contributed by atoms with van der Waals surface area (Å²) >= 11 is 0. The van der Waals surface area contributed by atoms with Crippen molar-refractivity contribution in [2.75, 3.05) is 13.7 Å². The van der Waals surface area contributed by atoms with Gasteiger partial charge in [-0.25, -0.2) is 8.42 Å². The van der Waals surface area contributed by atoms with Crippen molar-refractivity contribution >= 4 is 16.0 Å². The fourth-order valence-electron chi connectivity index (χ4n) is 2.24. The van der Waals surface area contributed by atoms with E-state index in [4.69, 9.17) is 5.26 Å². The number of esters is 1. The zero-order valence-corrected chi connectivity index (χ0v) is 11.8. The highest BCUT2D eigenvalue weighted by molar-refractivity contribution is 7.89. The summed E-state index contributed by atoms with van der Waals surface area (Å²) in [5.74, 6) is -0.542. The molecule has 1 heterocycles. The van der Waals surface area contributed by atoms with Gasteiger partial charge in [-0.3, -0.25) is 4.79 Å². The van der Waals surface area contributed by atoms with Gasteiger partial charge in [0.1, 0.15) is 6.04 Å². The molecule has 0 aliphatic carbocycles. The lowest BCUT2D eigenvalue weighted by molar-refractivity contribution is -0.144. The molecular formula is C13H14N2O4S. The van der Waals surface area contributed by atoms with E-state index >= 15 is 0 Å². The van der Waals surface area contributed by atoms with Crippen LogP contribution >= 0.6 is 0 Å². The molecule has 20 heavy (non-hydrogen) atoms. The van der Waals surface area contributed by atoms with Gasteiger partial charge in [0, 0.05) is 6.54 Å². The van der Waals surface area contributed by atoms with Crippen molar-refractivity contribution in [2.24, 2.45) is 0 Å². The number of carbonyl (C=O) groups is 1. The molecule has 2 rings (SSSR count). The Morgan fingerprint density at radius 1 is 1.40 bits per heavy atom. The second-order valence-electron chi connectivity index (χ2n) is 4.43. The normalized spacial score (nSPS) is 19.5. The first-order chi connectivity index (χ1) is 9.50. The van der Waals surface area contributed by atoms with Crippen LogP contribution in [0.25, 0.3) is 0 Å². The average molecular weight is 294 g/mol. The molecule has 106 valence electrons. The number of nitriles is 1. The highest BCUT2D eigenvalue weighted by Crippen LogP contribution is 2.26. The Kier molecular flexibility index (Phi) is 4.06. The first-order valence-corrected chi connectivity index (χ1v) is 7.54. The van der Waals surface area contributed by atoms with Gasteiger partial charge in [-0.2, -0.15) is 9.57 Å². The van der Waals surface area contributed by atoms with E-state index in [9.17, 15) is 13.2 Å². The summed E-state index contributed by atoms with van der Waals surface area (Å²) in [6, 6.07) is 6.80. The maximum absolute atomic E-state index is 12.5. The summed E-state index contributed by atoms with van der Waals surface area (Å²) in [6.07, 6.45) is 1.08. The van der Waals surface area contributed by atoms with Crippen molar-refractivity contribution in [3.63, 3.8) is 0 Å². The molecule has 1 aliphatic heterocycles. The Bertz CT molecular complexity index is 646. The minimum absolute atomic E-state index is 0.0762. The van der Waals surface area contributed by atoms with Gasteiger partial charge in [-0.05, 0) is 37.1 Å². The molecule has 0 aromatic heterocycles. The summed E-state index contributed by atoms with van der Waals surface area (Å²) in [5, 5.41) is 8.72. The third-order valence-corrected chi connectivity index (χ3v) is 5.19. The molecule has 0 bridgehead atoms. The van der Waals surface area contributed by atoms with Gasteiger partial charge in [0.2, 0.25) is 10.0 Å². The fourth-order valence-corrected chi connectivity index (χ4v) is 3.88. The van der Waals surface area contributed by atoms with E-state index in [0.717, 1.165) is 0 Å². The molecule has 1 saturated heterocycles. The highest BCUT2D eigenvalue weighted by Gasteiger charge is 2.40. The summed E-state index contributed by atoms with van der Waals surface area (Å²) in [7, 11) is -2.50. The number of hydrogen-bond acceptors (Lipinski definition) is 5. The highest BCUT2D eigenvalue weighted by atomic mass is 32.2. The molecule has 0 N–H and O–H groups in total. The Morgan fingerprint density at radius 2 is 2.05 bits per heavy atom. The lowest BCUT2D eigenvalue weighted by Gasteiger charge is -2.22. The van der Waals surface area contributed by atoms with E-state index in [1.165, 1.54) is 35.7 Å². The maximum Gasteiger partial charge on any atom is 0.324 e. The van der Waals surface area contributed by atoms with E-state index < -0.39 is 22.0 Å². The summed E-state index contributed by atoms with van der Waals surface area (Å²) in [5.41, 5.74) is 0.384. The van der Waals surface area contributed by atoms with Crippen molar-refractivity contribution in [3.8, 4) is 6.07 Å². The van der Waals surface area contributed by atoms with Gasteiger partial charge in [0.05, 0.1) is 23.6 Å². The molecule has 1 aromatic carbocycles. The Hall–Kier alpha value is -1.91. The number of carbonyl (C=O) groups excluding carboxylic acids is 1. The first kappa shape index (κ1) is 14.5. The monoisotopic (exact) mass is 294 g/mol. The number of ether oxygens (including phenoxy) is 1. The number of methoxy groups -OCH3 is 1. The van der Waals surface area contributed by atoms with E-state index in [1.807, 2.05) is 6.07 Å². The fraction of sp³-hybridized carbons (Fsp3) is 0.385. The van der Waals surface area contributed by atoms with Gasteiger partial charge < -0.3 is 4.74 Å². The number of nitrogens with zero attached hydrogens (tertiary/aromatic N) is 2. The van der Waals surface area contributed by atoms with Crippen LogP contribution in [0.15, 0.2) is 29.2 Å². The van der Waals surface area contributed by atoms with Gasteiger partial charge in [0.25, 0.3) is 0 Å². The van der Waals surface area contributed by atoms with Gasteiger partial charge in [-0.1, -0.05) is 0 Å². The summed E-state index contributed by atoms with van der Waals surface area (Å²) < 4.78 is 30.8. The lowest BCUT2D eigenvalue weighted by atomic mass is 10.2. The maximum atomic E-state index is 12.5. The van der Waals surface area contributed by atoms with Crippen LogP contribution in [0.4, 0.5) is 0 Å². The predicted molar refractivity (Wildman–Crippen MR) is 70.1 cm³/mol. The number of rotatable bonds is 3. The van der Waals surface area contributed by atoms with Gasteiger partial charge in [-0.15, -0.1) is 0 Å². The number of sulfonamides is 1. The van der Waals surface area contributed by atoms with Crippen molar-refractivity contribution in [2.45, 2.75) is 23.8 Å². The Labute approximate surface area is 117 Å². The zero-order valence-electron chi connectivity index (χ0n) is 10.9.